The summed E-state index contributed by atoms with van der Waals surface area (Å²) in [4.78, 5) is 35.0. The second-order valence-electron chi connectivity index (χ2n) is 9.98. The lowest BCUT2D eigenvalue weighted by Gasteiger charge is -2.32. The number of H-pyrrole nitrogens is 1. The fourth-order valence-corrected chi connectivity index (χ4v) is 6.88. The van der Waals surface area contributed by atoms with E-state index in [0.717, 1.165) is 65.2 Å². The number of nitrogens with one attached hydrogen (secondary N) is 1. The van der Waals surface area contributed by atoms with E-state index >= 15 is 0 Å². The van der Waals surface area contributed by atoms with Gasteiger partial charge in [-0.2, -0.15) is 9.40 Å². The highest BCUT2D eigenvalue weighted by atomic mass is 32.2. The summed E-state index contributed by atoms with van der Waals surface area (Å²) in [5, 5.41) is 23.9. The maximum Gasteiger partial charge on any atom is 0.328 e. The third-order valence-electron chi connectivity index (χ3n) is 6.99. The van der Waals surface area contributed by atoms with Crippen molar-refractivity contribution in [3.8, 4) is 11.4 Å². The number of hydrogen-bond acceptors (Lipinski definition) is 11. The molecule has 14 nitrogen and oxygen atoms in total. The topological polar surface area (TPSA) is 182 Å². The van der Waals surface area contributed by atoms with Crippen molar-refractivity contribution in [1.82, 2.24) is 29.4 Å². The van der Waals surface area contributed by atoms with E-state index in [0.29, 0.717) is 44.3 Å². The van der Waals surface area contributed by atoms with Crippen molar-refractivity contribution in [1.29, 1.82) is 0 Å². The lowest BCUT2D eigenvalue weighted by Crippen LogP contribution is -2.47. The first-order chi connectivity index (χ1) is 20.6. The molecule has 0 atom stereocenters. The van der Waals surface area contributed by atoms with Crippen LogP contribution in [0.4, 0.5) is 5.82 Å². The second-order valence-corrected chi connectivity index (χ2v) is 13.1. The number of sulfonamides is 1. The third kappa shape index (κ3) is 7.52. The summed E-state index contributed by atoms with van der Waals surface area (Å²) < 4.78 is 31.9. The summed E-state index contributed by atoms with van der Waals surface area (Å²) in [6.45, 7) is 6.22. The molecule has 0 amide bonds. The van der Waals surface area contributed by atoms with Gasteiger partial charge in [0.15, 0.2) is 11.6 Å². The highest BCUT2D eigenvalue weighted by Crippen LogP contribution is 2.36. The first-order valence-electron chi connectivity index (χ1n) is 13.5. The molecule has 5 heterocycles. The molecule has 0 aliphatic carbocycles. The molecule has 3 N–H and O–H groups in total. The predicted molar refractivity (Wildman–Crippen MR) is 162 cm³/mol. The minimum Gasteiger partial charge on any atom is -0.478 e. The van der Waals surface area contributed by atoms with Gasteiger partial charge in [-0.1, -0.05) is 12.1 Å². The molecule has 2 aliphatic rings. The van der Waals surface area contributed by atoms with E-state index in [1.165, 1.54) is 11.1 Å². The Morgan fingerprint density at radius 2 is 1.74 bits per heavy atom. The summed E-state index contributed by atoms with van der Waals surface area (Å²) in [5.41, 5.74) is 2.85. The molecule has 0 bridgehead atoms. The minimum atomic E-state index is -3.13. The fraction of sp³-hybridized carbons (Fsp3) is 0.370. The number of morpholine rings is 1. The Morgan fingerprint density at radius 1 is 1.05 bits per heavy atom. The van der Waals surface area contributed by atoms with Gasteiger partial charge in [0.1, 0.15) is 0 Å². The fourth-order valence-electron chi connectivity index (χ4n) is 4.90. The van der Waals surface area contributed by atoms with Crippen LogP contribution in [0.1, 0.15) is 4.88 Å². The first-order valence-corrected chi connectivity index (χ1v) is 16.1. The highest BCUT2D eigenvalue weighted by molar-refractivity contribution is 7.88. The summed E-state index contributed by atoms with van der Waals surface area (Å²) >= 11 is 1.73. The van der Waals surface area contributed by atoms with Crippen LogP contribution in [0.3, 0.4) is 0 Å². The Morgan fingerprint density at radius 3 is 2.40 bits per heavy atom. The Bertz CT molecular complexity index is 1740. The van der Waals surface area contributed by atoms with Gasteiger partial charge in [0, 0.05) is 73.8 Å². The minimum absolute atomic E-state index is 0.529. The van der Waals surface area contributed by atoms with Crippen molar-refractivity contribution < 1.29 is 33.0 Å². The Labute approximate surface area is 251 Å². The van der Waals surface area contributed by atoms with Gasteiger partial charge in [0.25, 0.3) is 0 Å². The summed E-state index contributed by atoms with van der Waals surface area (Å²) in [6, 6.07) is 8.19. The molecule has 3 aromatic heterocycles. The number of carboxylic acids is 2. The number of benzene rings is 1. The van der Waals surface area contributed by atoms with Gasteiger partial charge in [-0.15, -0.1) is 11.3 Å². The molecule has 0 radical (unpaired) electrons. The Kier molecular flexibility index (Phi) is 9.31. The molecule has 228 valence electrons. The van der Waals surface area contributed by atoms with E-state index < -0.39 is 22.0 Å². The largest absolute Gasteiger partial charge is 0.478 e. The van der Waals surface area contributed by atoms with Gasteiger partial charge < -0.3 is 19.8 Å². The van der Waals surface area contributed by atoms with Gasteiger partial charge >= 0.3 is 11.9 Å². The first kappa shape index (κ1) is 30.5. The van der Waals surface area contributed by atoms with Crippen LogP contribution in [-0.4, -0.2) is 119 Å². The molecule has 2 saturated heterocycles. The van der Waals surface area contributed by atoms with Gasteiger partial charge in [-0.3, -0.25) is 10.00 Å². The molecule has 0 unspecified atom stereocenters. The summed E-state index contributed by atoms with van der Waals surface area (Å²) in [5.74, 6) is -0.871. The molecule has 2 fully saturated rings. The number of aromatic amines is 1. The maximum absolute atomic E-state index is 11.8. The average Bonchev–Trinajstić information content (AvgIpc) is 3.63. The number of anilines is 1. The molecular formula is C27H31N7O7S2. The highest BCUT2D eigenvalue weighted by Gasteiger charge is 2.25. The number of carboxylic acid groups (broad SMARTS) is 2. The van der Waals surface area contributed by atoms with Gasteiger partial charge in [-0.05, 0) is 12.1 Å². The predicted octanol–water partition coefficient (Wildman–Crippen LogP) is 1.86. The van der Waals surface area contributed by atoms with Crippen LogP contribution >= 0.6 is 11.3 Å². The number of carbonyl (C=O) groups is 2. The quantitative estimate of drug-likeness (QED) is 0.253. The monoisotopic (exact) mass is 629 g/mol. The van der Waals surface area contributed by atoms with Crippen molar-refractivity contribution >= 4 is 60.2 Å². The zero-order chi connectivity index (χ0) is 30.6. The van der Waals surface area contributed by atoms with E-state index in [1.807, 2.05) is 24.4 Å². The van der Waals surface area contributed by atoms with Crippen molar-refractivity contribution in [2.75, 3.05) is 63.6 Å². The molecule has 43 heavy (non-hydrogen) atoms. The van der Waals surface area contributed by atoms with Crippen LogP contribution in [0, 0.1) is 0 Å². The summed E-state index contributed by atoms with van der Waals surface area (Å²) in [7, 11) is -3.13. The second kappa shape index (κ2) is 13.1. The van der Waals surface area contributed by atoms with Gasteiger partial charge in [0.05, 0.1) is 41.4 Å². The summed E-state index contributed by atoms with van der Waals surface area (Å²) in [6.07, 6.45) is 4.22. The molecule has 0 saturated carbocycles. The molecule has 2 aliphatic heterocycles. The molecule has 0 spiro atoms. The number of hydrogen-bond donors (Lipinski definition) is 3. The number of piperazine rings is 1. The molecule has 16 heteroatoms. The number of ether oxygens (including phenoxy) is 1. The average molecular weight is 630 g/mol. The number of aromatic nitrogens is 4. The van der Waals surface area contributed by atoms with Crippen molar-refractivity contribution in [3.05, 3.63) is 47.5 Å². The normalized spacial score (nSPS) is 16.9. The standard InChI is InChI=1S/C23H27N7O3S2.C4H4O4/c1-35(31,32)30-7-5-28(6-8-30)15-16-13-20-21(34-16)23(29-9-11-33-12-10-29)26-22(25-20)17-3-2-4-19-18(17)14-24-27-19;5-3(6)1-2-4(7)8/h2-4,13-14H,5-12,15H2,1H3,(H,24,27);1-2H,(H,5,6)(H,7,8)/b;2-1+. The number of thiophene rings is 1. The number of rotatable bonds is 7. The van der Waals surface area contributed by atoms with Crippen LogP contribution in [0.2, 0.25) is 0 Å². The van der Waals surface area contributed by atoms with Crippen molar-refractivity contribution in [3.63, 3.8) is 0 Å². The van der Waals surface area contributed by atoms with Crippen LogP contribution in [0.25, 0.3) is 32.5 Å². The van der Waals surface area contributed by atoms with Crippen LogP contribution in [0.5, 0.6) is 0 Å². The lowest BCUT2D eigenvalue weighted by atomic mass is 10.1. The van der Waals surface area contributed by atoms with E-state index in [2.05, 4.69) is 26.1 Å². The van der Waals surface area contributed by atoms with Crippen LogP contribution in [-0.2, 0) is 30.9 Å². The van der Waals surface area contributed by atoms with E-state index in [4.69, 9.17) is 24.9 Å². The molecular weight excluding hydrogens is 598 g/mol. The SMILES string of the molecule is CS(=O)(=O)N1CCN(Cc2cc3nc(-c4cccc5[nH]ncc45)nc(N4CCOCC4)c3s2)CC1.O=C(O)/C=C/C(=O)O. The van der Waals surface area contributed by atoms with Crippen LogP contribution < -0.4 is 4.90 Å². The van der Waals surface area contributed by atoms with Gasteiger partial charge in [-0.25, -0.2) is 28.0 Å². The smallest absolute Gasteiger partial charge is 0.328 e. The number of aliphatic carboxylic acids is 2. The van der Waals surface area contributed by atoms with Crippen LogP contribution in [0.15, 0.2) is 42.6 Å². The Balaban J connectivity index is 0.000000407. The van der Waals surface area contributed by atoms with Crippen molar-refractivity contribution in [2.24, 2.45) is 0 Å². The third-order valence-corrected chi connectivity index (χ3v) is 9.40. The van der Waals surface area contributed by atoms with E-state index in [1.54, 1.807) is 15.6 Å². The zero-order valence-corrected chi connectivity index (χ0v) is 25.0. The molecule has 4 aromatic rings. The van der Waals surface area contributed by atoms with Gasteiger partial charge in [0.2, 0.25) is 10.0 Å². The van der Waals surface area contributed by atoms with Crippen molar-refractivity contribution in [2.45, 2.75) is 6.54 Å². The molecule has 1 aromatic carbocycles. The number of fused-ring (bicyclic) bond motifs is 2. The lowest BCUT2D eigenvalue weighted by molar-refractivity contribution is -0.134. The zero-order valence-electron chi connectivity index (χ0n) is 23.3. The molecule has 6 rings (SSSR count). The Hall–Kier alpha value is -3.96. The number of nitrogens with zero attached hydrogens (tertiary/aromatic N) is 6. The maximum atomic E-state index is 11.8. The van der Waals surface area contributed by atoms with E-state index in [-0.39, 0.29) is 0 Å². The van der Waals surface area contributed by atoms with E-state index in [9.17, 15) is 18.0 Å².